The third-order valence-electron chi connectivity index (χ3n) is 2.29. The predicted molar refractivity (Wildman–Crippen MR) is 61.1 cm³/mol. The van der Waals surface area contributed by atoms with E-state index in [1.54, 1.807) is 6.07 Å². The molecular formula is C11H8N4O2. The number of benzene rings is 1. The van der Waals surface area contributed by atoms with Gasteiger partial charge in [0, 0.05) is 18.5 Å². The second kappa shape index (κ2) is 3.44. The lowest BCUT2D eigenvalue weighted by molar-refractivity contribution is 0.476. The van der Waals surface area contributed by atoms with E-state index in [9.17, 15) is 5.11 Å². The molecule has 0 saturated carbocycles. The van der Waals surface area contributed by atoms with Crippen LogP contribution < -0.4 is 5.73 Å². The fourth-order valence-electron chi connectivity index (χ4n) is 1.49. The highest BCUT2D eigenvalue weighted by Crippen LogP contribution is 2.25. The number of anilines is 1. The number of hydrogen-bond donors (Lipinski definition) is 2. The van der Waals surface area contributed by atoms with Gasteiger partial charge in [-0.05, 0) is 12.1 Å². The van der Waals surface area contributed by atoms with Crippen molar-refractivity contribution in [3.05, 3.63) is 30.6 Å². The van der Waals surface area contributed by atoms with Crippen LogP contribution in [0.25, 0.3) is 22.6 Å². The highest BCUT2D eigenvalue weighted by atomic mass is 16.3. The van der Waals surface area contributed by atoms with Crippen LogP contribution >= 0.6 is 0 Å². The van der Waals surface area contributed by atoms with Crippen molar-refractivity contribution >= 4 is 17.0 Å². The number of phenolic OH excluding ortho intramolecular Hbond substituents is 1. The van der Waals surface area contributed by atoms with Gasteiger partial charge in [0.1, 0.15) is 11.3 Å². The van der Waals surface area contributed by atoms with Gasteiger partial charge in [-0.1, -0.05) is 0 Å². The zero-order valence-electron chi connectivity index (χ0n) is 8.66. The fourth-order valence-corrected chi connectivity index (χ4v) is 1.49. The summed E-state index contributed by atoms with van der Waals surface area (Å²) in [6.07, 6.45) is 3.07. The van der Waals surface area contributed by atoms with E-state index in [4.69, 9.17) is 10.2 Å². The minimum Gasteiger partial charge on any atom is -0.508 e. The van der Waals surface area contributed by atoms with Gasteiger partial charge in [-0.2, -0.15) is 0 Å². The molecule has 0 aliphatic carbocycles. The topological polar surface area (TPSA) is 98.1 Å². The van der Waals surface area contributed by atoms with Gasteiger partial charge in [0.2, 0.25) is 11.8 Å². The maximum Gasteiger partial charge on any atom is 0.230 e. The normalized spacial score (nSPS) is 10.8. The number of aromatic nitrogens is 3. The van der Waals surface area contributed by atoms with Gasteiger partial charge < -0.3 is 15.3 Å². The van der Waals surface area contributed by atoms with Crippen LogP contribution in [0, 0.1) is 0 Å². The molecule has 0 atom stereocenters. The Morgan fingerprint density at radius 1 is 1.18 bits per heavy atom. The van der Waals surface area contributed by atoms with E-state index < -0.39 is 0 Å². The minimum atomic E-state index is 0.144. The Bertz CT molecular complexity index is 676. The lowest BCUT2D eigenvalue weighted by Crippen LogP contribution is -1.93. The zero-order chi connectivity index (χ0) is 11.8. The smallest absolute Gasteiger partial charge is 0.230 e. The van der Waals surface area contributed by atoms with Gasteiger partial charge in [-0.25, -0.2) is 15.0 Å². The van der Waals surface area contributed by atoms with Crippen LogP contribution in [0.4, 0.5) is 5.95 Å². The molecule has 0 spiro atoms. The van der Waals surface area contributed by atoms with E-state index in [2.05, 4.69) is 15.0 Å². The molecule has 0 saturated heterocycles. The highest BCUT2D eigenvalue weighted by molar-refractivity contribution is 5.77. The molecule has 6 heteroatoms. The molecular weight excluding hydrogens is 220 g/mol. The number of nitrogens with zero attached hydrogens (tertiary/aromatic N) is 3. The summed E-state index contributed by atoms with van der Waals surface area (Å²) in [6, 6.07) is 4.72. The SMILES string of the molecule is Nc1ncc(-c2nc3cc(O)ccc3o2)cn1. The molecule has 0 fully saturated rings. The largest absolute Gasteiger partial charge is 0.508 e. The summed E-state index contributed by atoms with van der Waals surface area (Å²) in [5, 5.41) is 9.32. The van der Waals surface area contributed by atoms with Crippen LogP contribution in [0.1, 0.15) is 0 Å². The fraction of sp³-hybridized carbons (Fsp3) is 0. The number of nitrogen functional groups attached to an aromatic ring is 1. The summed E-state index contributed by atoms with van der Waals surface area (Å²) >= 11 is 0. The third kappa shape index (κ3) is 1.65. The van der Waals surface area contributed by atoms with E-state index in [1.165, 1.54) is 24.5 Å². The first kappa shape index (κ1) is 9.59. The molecule has 0 amide bonds. The summed E-state index contributed by atoms with van der Waals surface area (Å²) < 4.78 is 5.51. The van der Waals surface area contributed by atoms with Gasteiger partial charge in [0.15, 0.2) is 5.58 Å². The standard InChI is InChI=1S/C11H8N4O2/c12-11-13-4-6(5-14-11)10-15-8-3-7(16)1-2-9(8)17-10/h1-5,16H,(H2,12,13,14). The Labute approximate surface area is 95.8 Å². The minimum absolute atomic E-state index is 0.144. The maximum absolute atomic E-state index is 9.32. The molecule has 3 N–H and O–H groups in total. The molecule has 0 bridgehead atoms. The van der Waals surface area contributed by atoms with E-state index in [0.29, 0.717) is 22.6 Å². The second-order valence-electron chi connectivity index (χ2n) is 3.50. The molecule has 3 rings (SSSR count). The second-order valence-corrected chi connectivity index (χ2v) is 3.50. The summed E-state index contributed by atoms with van der Waals surface area (Å²) in [5.41, 5.74) is 7.20. The number of nitrogens with two attached hydrogens (primary N) is 1. The van der Waals surface area contributed by atoms with Crippen LogP contribution in [0.3, 0.4) is 0 Å². The van der Waals surface area contributed by atoms with Crippen LogP contribution in [0.15, 0.2) is 35.0 Å². The summed E-state index contributed by atoms with van der Waals surface area (Å²) in [4.78, 5) is 11.9. The zero-order valence-corrected chi connectivity index (χ0v) is 8.66. The van der Waals surface area contributed by atoms with Crippen molar-refractivity contribution in [2.45, 2.75) is 0 Å². The van der Waals surface area contributed by atoms with Gasteiger partial charge >= 0.3 is 0 Å². The Hall–Kier alpha value is -2.63. The summed E-state index contributed by atoms with van der Waals surface area (Å²) in [7, 11) is 0. The molecule has 84 valence electrons. The van der Waals surface area contributed by atoms with Gasteiger partial charge in [0.05, 0.1) is 5.56 Å². The van der Waals surface area contributed by atoms with E-state index >= 15 is 0 Å². The number of hydrogen-bond acceptors (Lipinski definition) is 6. The monoisotopic (exact) mass is 228 g/mol. The van der Waals surface area contributed by atoms with Crippen molar-refractivity contribution in [1.82, 2.24) is 15.0 Å². The molecule has 6 nitrogen and oxygen atoms in total. The lowest BCUT2D eigenvalue weighted by Gasteiger charge is -1.93. The molecule has 1 aromatic carbocycles. The number of fused-ring (bicyclic) bond motifs is 1. The number of oxazole rings is 1. The van der Waals surface area contributed by atoms with Crippen LogP contribution in [-0.2, 0) is 0 Å². The Morgan fingerprint density at radius 3 is 2.71 bits per heavy atom. The number of aromatic hydroxyl groups is 1. The van der Waals surface area contributed by atoms with Gasteiger partial charge in [-0.15, -0.1) is 0 Å². The van der Waals surface area contributed by atoms with Gasteiger partial charge in [-0.3, -0.25) is 0 Å². The Kier molecular flexibility index (Phi) is 1.94. The molecule has 3 aromatic rings. The predicted octanol–water partition coefficient (Wildman–Crippen LogP) is 1.57. The lowest BCUT2D eigenvalue weighted by atomic mass is 10.3. The first-order chi connectivity index (χ1) is 8.22. The van der Waals surface area contributed by atoms with Crippen molar-refractivity contribution in [3.63, 3.8) is 0 Å². The van der Waals surface area contributed by atoms with Crippen molar-refractivity contribution in [2.75, 3.05) is 5.73 Å². The van der Waals surface area contributed by atoms with Crippen LogP contribution in [0.5, 0.6) is 5.75 Å². The average Bonchev–Trinajstić information content (AvgIpc) is 2.72. The molecule has 17 heavy (non-hydrogen) atoms. The molecule has 0 radical (unpaired) electrons. The van der Waals surface area contributed by atoms with Crippen molar-refractivity contribution < 1.29 is 9.52 Å². The van der Waals surface area contributed by atoms with Gasteiger partial charge in [0.25, 0.3) is 0 Å². The quantitative estimate of drug-likeness (QED) is 0.656. The van der Waals surface area contributed by atoms with E-state index in [0.717, 1.165) is 0 Å². The van der Waals surface area contributed by atoms with Crippen LogP contribution in [0.2, 0.25) is 0 Å². The van der Waals surface area contributed by atoms with Crippen molar-refractivity contribution in [3.8, 4) is 17.2 Å². The van der Waals surface area contributed by atoms with Crippen molar-refractivity contribution in [1.29, 1.82) is 0 Å². The summed E-state index contributed by atoms with van der Waals surface area (Å²) in [5.74, 6) is 0.735. The first-order valence-corrected chi connectivity index (χ1v) is 4.90. The third-order valence-corrected chi connectivity index (χ3v) is 2.29. The van der Waals surface area contributed by atoms with E-state index in [-0.39, 0.29) is 11.7 Å². The van der Waals surface area contributed by atoms with Crippen LogP contribution in [-0.4, -0.2) is 20.1 Å². The summed E-state index contributed by atoms with van der Waals surface area (Å²) in [6.45, 7) is 0. The molecule has 0 aliphatic rings. The Morgan fingerprint density at radius 2 is 1.94 bits per heavy atom. The number of rotatable bonds is 1. The molecule has 2 heterocycles. The Balaban J connectivity index is 2.14. The highest BCUT2D eigenvalue weighted by Gasteiger charge is 2.09. The average molecular weight is 228 g/mol. The molecule has 0 aliphatic heterocycles. The van der Waals surface area contributed by atoms with Crippen molar-refractivity contribution in [2.24, 2.45) is 0 Å². The number of phenols is 1. The molecule has 0 unspecified atom stereocenters. The maximum atomic E-state index is 9.32. The van der Waals surface area contributed by atoms with E-state index in [1.807, 2.05) is 0 Å². The molecule has 2 aromatic heterocycles. The first-order valence-electron chi connectivity index (χ1n) is 4.90.